The lowest BCUT2D eigenvalue weighted by Crippen LogP contribution is -2.35. The van der Waals surface area contributed by atoms with Crippen molar-refractivity contribution in [2.24, 2.45) is 5.92 Å². The van der Waals surface area contributed by atoms with Gasteiger partial charge in [-0.25, -0.2) is 9.97 Å². The Bertz CT molecular complexity index is 442. The second-order valence-electron chi connectivity index (χ2n) is 5.43. The van der Waals surface area contributed by atoms with Gasteiger partial charge in [-0.2, -0.15) is 0 Å². The lowest BCUT2D eigenvalue weighted by atomic mass is 10.0. The van der Waals surface area contributed by atoms with Crippen LogP contribution in [0.5, 0.6) is 0 Å². The zero-order valence-corrected chi connectivity index (χ0v) is 12.7. The van der Waals surface area contributed by atoms with Crippen LogP contribution in [-0.2, 0) is 0 Å². The summed E-state index contributed by atoms with van der Waals surface area (Å²) < 4.78 is 0. The van der Waals surface area contributed by atoms with Crippen molar-refractivity contribution in [2.75, 3.05) is 31.1 Å². The molecule has 1 aliphatic heterocycles. The van der Waals surface area contributed by atoms with Gasteiger partial charge in [0.1, 0.15) is 11.5 Å². The van der Waals surface area contributed by atoms with Gasteiger partial charge >= 0.3 is 0 Å². The van der Waals surface area contributed by atoms with Crippen LogP contribution in [0.25, 0.3) is 0 Å². The molecule has 0 aliphatic carbocycles. The number of anilines is 1. The van der Waals surface area contributed by atoms with Gasteiger partial charge in [-0.15, -0.1) is 0 Å². The molecule has 1 aliphatic rings. The van der Waals surface area contributed by atoms with Gasteiger partial charge in [0, 0.05) is 26.2 Å². The van der Waals surface area contributed by atoms with E-state index in [-0.39, 0.29) is 5.91 Å². The molecule has 1 saturated heterocycles. The fourth-order valence-corrected chi connectivity index (χ4v) is 2.67. The molecule has 5 heteroatoms. The highest BCUT2D eigenvalue weighted by Crippen LogP contribution is 2.20. The first kappa shape index (κ1) is 14.8. The molecule has 0 saturated carbocycles. The summed E-state index contributed by atoms with van der Waals surface area (Å²) in [6.45, 7) is 9.65. The lowest BCUT2D eigenvalue weighted by molar-refractivity contribution is 0.0766. The summed E-state index contributed by atoms with van der Waals surface area (Å²) in [5.41, 5.74) is 0.433. The second-order valence-corrected chi connectivity index (χ2v) is 5.43. The molecule has 2 rings (SSSR count). The minimum atomic E-state index is -0.0407. The quantitative estimate of drug-likeness (QED) is 0.846. The predicted octanol–water partition coefficient (Wildman–Crippen LogP) is 2.19. The van der Waals surface area contributed by atoms with E-state index in [9.17, 15) is 4.79 Å². The van der Waals surface area contributed by atoms with Crippen LogP contribution < -0.4 is 4.90 Å². The Morgan fingerprint density at radius 3 is 2.65 bits per heavy atom. The normalized spacial score (nSPS) is 18.9. The van der Waals surface area contributed by atoms with E-state index in [1.807, 2.05) is 13.8 Å². The highest BCUT2D eigenvalue weighted by Gasteiger charge is 2.19. The maximum absolute atomic E-state index is 12.2. The Balaban J connectivity index is 2.07. The van der Waals surface area contributed by atoms with E-state index in [1.165, 1.54) is 12.8 Å². The Hall–Kier alpha value is -1.65. The van der Waals surface area contributed by atoms with Crippen LogP contribution in [0.1, 0.15) is 44.1 Å². The van der Waals surface area contributed by atoms with Crippen molar-refractivity contribution < 1.29 is 4.79 Å². The SMILES string of the molecule is CCN(CC)C(=O)c1cnc(N2CCCC(C)C2)cn1. The number of hydrogen-bond acceptors (Lipinski definition) is 4. The van der Waals surface area contributed by atoms with E-state index in [4.69, 9.17) is 0 Å². The Morgan fingerprint density at radius 2 is 2.10 bits per heavy atom. The number of hydrogen-bond donors (Lipinski definition) is 0. The van der Waals surface area contributed by atoms with Gasteiger partial charge in [0.05, 0.1) is 12.4 Å². The van der Waals surface area contributed by atoms with Gasteiger partial charge in [-0.1, -0.05) is 6.92 Å². The number of nitrogens with zero attached hydrogens (tertiary/aromatic N) is 4. The van der Waals surface area contributed by atoms with Crippen molar-refractivity contribution in [3.63, 3.8) is 0 Å². The molecule has 2 heterocycles. The molecule has 1 atom stereocenters. The summed E-state index contributed by atoms with van der Waals surface area (Å²) >= 11 is 0. The monoisotopic (exact) mass is 276 g/mol. The fourth-order valence-electron chi connectivity index (χ4n) is 2.67. The summed E-state index contributed by atoms with van der Waals surface area (Å²) in [6.07, 6.45) is 5.81. The van der Waals surface area contributed by atoms with E-state index < -0.39 is 0 Å². The van der Waals surface area contributed by atoms with Gasteiger partial charge in [0.25, 0.3) is 5.91 Å². The number of carbonyl (C=O) groups is 1. The summed E-state index contributed by atoms with van der Waals surface area (Å²) in [5.74, 6) is 1.54. The average molecular weight is 276 g/mol. The molecular weight excluding hydrogens is 252 g/mol. The molecule has 1 unspecified atom stereocenters. The molecule has 0 radical (unpaired) electrons. The van der Waals surface area contributed by atoms with Crippen molar-refractivity contribution in [2.45, 2.75) is 33.6 Å². The Labute approximate surface area is 121 Å². The zero-order valence-electron chi connectivity index (χ0n) is 12.7. The van der Waals surface area contributed by atoms with Crippen LogP contribution >= 0.6 is 0 Å². The Morgan fingerprint density at radius 1 is 1.35 bits per heavy atom. The molecule has 1 amide bonds. The lowest BCUT2D eigenvalue weighted by Gasteiger charge is -2.31. The van der Waals surface area contributed by atoms with Gasteiger partial charge in [0.15, 0.2) is 0 Å². The first-order valence-corrected chi connectivity index (χ1v) is 7.52. The number of carbonyl (C=O) groups excluding carboxylic acids is 1. The fraction of sp³-hybridized carbons (Fsp3) is 0.667. The van der Waals surface area contributed by atoms with Crippen molar-refractivity contribution in [3.05, 3.63) is 18.1 Å². The maximum atomic E-state index is 12.2. The maximum Gasteiger partial charge on any atom is 0.274 e. The molecule has 110 valence electrons. The minimum Gasteiger partial charge on any atom is -0.355 e. The first-order chi connectivity index (χ1) is 9.65. The van der Waals surface area contributed by atoms with Gasteiger partial charge in [-0.05, 0) is 32.6 Å². The van der Waals surface area contributed by atoms with Gasteiger partial charge < -0.3 is 9.80 Å². The van der Waals surface area contributed by atoms with Gasteiger partial charge in [0.2, 0.25) is 0 Å². The van der Waals surface area contributed by atoms with Crippen LogP contribution in [0.3, 0.4) is 0 Å². The van der Waals surface area contributed by atoms with Crippen molar-refractivity contribution in [1.29, 1.82) is 0 Å². The van der Waals surface area contributed by atoms with Crippen LogP contribution in [-0.4, -0.2) is 47.0 Å². The van der Waals surface area contributed by atoms with E-state index in [0.717, 1.165) is 18.9 Å². The highest BCUT2D eigenvalue weighted by atomic mass is 16.2. The molecule has 1 aromatic rings. The van der Waals surface area contributed by atoms with E-state index >= 15 is 0 Å². The van der Waals surface area contributed by atoms with E-state index in [2.05, 4.69) is 21.8 Å². The summed E-state index contributed by atoms with van der Waals surface area (Å²) in [5, 5.41) is 0. The third kappa shape index (κ3) is 3.26. The summed E-state index contributed by atoms with van der Waals surface area (Å²) in [6, 6.07) is 0. The van der Waals surface area contributed by atoms with E-state index in [0.29, 0.717) is 24.7 Å². The van der Waals surface area contributed by atoms with Crippen molar-refractivity contribution in [3.8, 4) is 0 Å². The molecular formula is C15H24N4O. The second kappa shape index (κ2) is 6.68. The number of piperidine rings is 1. The molecule has 20 heavy (non-hydrogen) atoms. The first-order valence-electron chi connectivity index (χ1n) is 7.52. The molecule has 1 fully saturated rings. The summed E-state index contributed by atoms with van der Waals surface area (Å²) in [4.78, 5) is 24.9. The van der Waals surface area contributed by atoms with E-state index in [1.54, 1.807) is 17.3 Å². The largest absolute Gasteiger partial charge is 0.355 e. The summed E-state index contributed by atoms with van der Waals surface area (Å²) in [7, 11) is 0. The van der Waals surface area contributed by atoms with Crippen LogP contribution in [0.4, 0.5) is 5.82 Å². The van der Waals surface area contributed by atoms with Crippen LogP contribution in [0.2, 0.25) is 0 Å². The topological polar surface area (TPSA) is 49.3 Å². The average Bonchev–Trinajstić information content (AvgIpc) is 2.48. The van der Waals surface area contributed by atoms with Gasteiger partial charge in [-0.3, -0.25) is 4.79 Å². The highest BCUT2D eigenvalue weighted by molar-refractivity contribution is 5.92. The molecule has 0 spiro atoms. The Kier molecular flexibility index (Phi) is 4.93. The standard InChI is InChI=1S/C15H24N4O/c1-4-18(5-2)15(20)13-9-17-14(10-16-13)19-8-6-7-12(3)11-19/h9-10,12H,4-8,11H2,1-3H3. The van der Waals surface area contributed by atoms with Crippen LogP contribution in [0.15, 0.2) is 12.4 Å². The molecule has 1 aromatic heterocycles. The predicted molar refractivity (Wildman–Crippen MR) is 79.9 cm³/mol. The molecule has 0 N–H and O–H groups in total. The molecule has 5 nitrogen and oxygen atoms in total. The van der Waals surface area contributed by atoms with Crippen molar-refractivity contribution in [1.82, 2.24) is 14.9 Å². The zero-order chi connectivity index (χ0) is 14.5. The molecule has 0 bridgehead atoms. The van der Waals surface area contributed by atoms with Crippen LogP contribution in [0, 0.1) is 5.92 Å². The van der Waals surface area contributed by atoms with Crippen molar-refractivity contribution >= 4 is 11.7 Å². The number of aromatic nitrogens is 2. The smallest absolute Gasteiger partial charge is 0.274 e. The third-order valence-electron chi connectivity index (χ3n) is 3.89. The minimum absolute atomic E-state index is 0.0407. The molecule has 0 aromatic carbocycles. The third-order valence-corrected chi connectivity index (χ3v) is 3.89. The number of rotatable bonds is 4. The number of amides is 1.